The van der Waals surface area contributed by atoms with Crippen LogP contribution in [0.25, 0.3) is 17.1 Å². The van der Waals surface area contributed by atoms with Crippen LogP contribution in [0.4, 0.5) is 5.69 Å². The number of nitrogens with zero attached hydrogens (tertiary/aromatic N) is 4. The van der Waals surface area contributed by atoms with Crippen LogP contribution in [0, 0.1) is 6.92 Å². The van der Waals surface area contributed by atoms with Gasteiger partial charge in [-0.1, -0.05) is 41.6 Å². The molecular formula is C23H21N5O2S. The van der Waals surface area contributed by atoms with Gasteiger partial charge in [-0.05, 0) is 43.3 Å². The van der Waals surface area contributed by atoms with Crippen LogP contribution in [0.15, 0.2) is 78.2 Å². The van der Waals surface area contributed by atoms with Crippen LogP contribution in [0.3, 0.4) is 0 Å². The number of aromatic nitrogens is 4. The molecule has 0 aliphatic carbocycles. The molecule has 1 N–H and O–H groups in total. The van der Waals surface area contributed by atoms with Gasteiger partial charge in [0.05, 0.1) is 18.4 Å². The molecule has 0 radical (unpaired) electrons. The van der Waals surface area contributed by atoms with Crippen molar-refractivity contribution in [2.75, 3.05) is 18.2 Å². The average molecular weight is 432 g/mol. The predicted molar refractivity (Wildman–Crippen MR) is 122 cm³/mol. The van der Waals surface area contributed by atoms with Gasteiger partial charge in [0, 0.05) is 23.8 Å². The van der Waals surface area contributed by atoms with Crippen LogP contribution < -0.4 is 10.1 Å². The van der Waals surface area contributed by atoms with Crippen molar-refractivity contribution < 1.29 is 9.53 Å². The first-order valence-electron chi connectivity index (χ1n) is 9.64. The number of amides is 1. The number of hydrogen-bond acceptors (Lipinski definition) is 6. The van der Waals surface area contributed by atoms with Crippen LogP contribution >= 0.6 is 11.8 Å². The van der Waals surface area contributed by atoms with E-state index in [0.29, 0.717) is 22.4 Å². The monoisotopic (exact) mass is 431 g/mol. The van der Waals surface area contributed by atoms with E-state index in [1.54, 1.807) is 31.6 Å². The summed E-state index contributed by atoms with van der Waals surface area (Å²) in [7, 11) is 1.63. The van der Waals surface area contributed by atoms with Crippen LogP contribution in [0.5, 0.6) is 5.75 Å². The smallest absolute Gasteiger partial charge is 0.234 e. The fourth-order valence-electron chi connectivity index (χ4n) is 3.06. The molecule has 0 atom stereocenters. The summed E-state index contributed by atoms with van der Waals surface area (Å²) in [5, 5.41) is 12.3. The van der Waals surface area contributed by atoms with Crippen LogP contribution in [0.2, 0.25) is 0 Å². The third-order valence-corrected chi connectivity index (χ3v) is 5.50. The zero-order chi connectivity index (χ0) is 21.6. The first kappa shape index (κ1) is 20.6. The number of anilines is 1. The zero-order valence-corrected chi connectivity index (χ0v) is 18.0. The molecule has 0 fully saturated rings. The summed E-state index contributed by atoms with van der Waals surface area (Å²) in [6.45, 7) is 2.04. The molecule has 4 rings (SSSR count). The fraction of sp³-hybridized carbons (Fsp3) is 0.130. The lowest BCUT2D eigenvalue weighted by atomic mass is 10.1. The Morgan fingerprint density at radius 1 is 1.03 bits per heavy atom. The molecule has 0 saturated heterocycles. The van der Waals surface area contributed by atoms with E-state index >= 15 is 0 Å². The van der Waals surface area contributed by atoms with Gasteiger partial charge in [-0.2, -0.15) is 0 Å². The summed E-state index contributed by atoms with van der Waals surface area (Å²) < 4.78 is 7.47. The van der Waals surface area contributed by atoms with Gasteiger partial charge >= 0.3 is 0 Å². The number of hydrogen-bond donors (Lipinski definition) is 1. The Hall–Kier alpha value is -3.65. The number of carbonyl (C=O) groups is 1. The largest absolute Gasteiger partial charge is 0.496 e. The quantitative estimate of drug-likeness (QED) is 0.438. The van der Waals surface area contributed by atoms with E-state index in [-0.39, 0.29) is 11.7 Å². The summed E-state index contributed by atoms with van der Waals surface area (Å²) in [5.74, 6) is 1.42. The summed E-state index contributed by atoms with van der Waals surface area (Å²) in [6, 6.07) is 19.3. The second kappa shape index (κ2) is 9.44. The van der Waals surface area contributed by atoms with Gasteiger partial charge in [-0.15, -0.1) is 10.2 Å². The third-order valence-electron chi connectivity index (χ3n) is 4.57. The maximum Gasteiger partial charge on any atom is 0.234 e. The summed E-state index contributed by atoms with van der Waals surface area (Å²) >= 11 is 1.32. The molecule has 7 nitrogen and oxygen atoms in total. The van der Waals surface area contributed by atoms with Crippen molar-refractivity contribution in [3.63, 3.8) is 0 Å². The van der Waals surface area contributed by atoms with Gasteiger partial charge in [0.25, 0.3) is 0 Å². The molecule has 4 aromatic rings. The number of thioether (sulfide) groups is 1. The number of aryl methyl sites for hydroxylation is 1. The Bertz CT molecular complexity index is 1180. The highest BCUT2D eigenvalue weighted by atomic mass is 32.2. The van der Waals surface area contributed by atoms with Crippen LogP contribution in [0.1, 0.15) is 5.56 Å². The SMILES string of the molecule is COc1ccccc1-c1nnc(SCC(=O)Nc2ccncc2)n1-c1ccc(C)cc1. The minimum Gasteiger partial charge on any atom is -0.496 e. The normalized spacial score (nSPS) is 10.6. The van der Waals surface area contributed by atoms with Crippen LogP contribution in [-0.4, -0.2) is 38.5 Å². The lowest BCUT2D eigenvalue weighted by Gasteiger charge is -2.12. The second-order valence-electron chi connectivity index (χ2n) is 6.75. The number of methoxy groups -OCH3 is 1. The Balaban J connectivity index is 1.65. The van der Waals surface area contributed by atoms with E-state index in [0.717, 1.165) is 16.8 Å². The predicted octanol–water partition coefficient (Wildman–Crippen LogP) is 4.38. The topological polar surface area (TPSA) is 81.9 Å². The highest BCUT2D eigenvalue weighted by Gasteiger charge is 2.19. The molecule has 0 spiro atoms. The molecule has 0 bridgehead atoms. The number of rotatable bonds is 7. The molecule has 2 aromatic heterocycles. The van der Waals surface area contributed by atoms with Crippen molar-refractivity contribution in [1.29, 1.82) is 0 Å². The maximum absolute atomic E-state index is 12.4. The van der Waals surface area contributed by atoms with Crippen molar-refractivity contribution in [3.05, 3.63) is 78.6 Å². The van der Waals surface area contributed by atoms with Gasteiger partial charge in [0.2, 0.25) is 5.91 Å². The summed E-state index contributed by atoms with van der Waals surface area (Å²) in [6.07, 6.45) is 3.27. The van der Waals surface area contributed by atoms with E-state index in [2.05, 4.69) is 20.5 Å². The molecule has 156 valence electrons. The Kier molecular flexibility index (Phi) is 6.28. The van der Waals surface area contributed by atoms with Crippen LogP contribution in [-0.2, 0) is 4.79 Å². The lowest BCUT2D eigenvalue weighted by Crippen LogP contribution is -2.14. The minimum atomic E-state index is -0.131. The number of ether oxygens (including phenoxy) is 1. The molecular weight excluding hydrogens is 410 g/mol. The molecule has 0 unspecified atom stereocenters. The first-order valence-corrected chi connectivity index (χ1v) is 10.6. The third kappa shape index (κ3) is 4.75. The Morgan fingerprint density at radius 3 is 2.52 bits per heavy atom. The van der Waals surface area contributed by atoms with Gasteiger partial charge in [-0.25, -0.2) is 0 Å². The van der Waals surface area contributed by atoms with E-state index in [4.69, 9.17) is 4.74 Å². The molecule has 2 heterocycles. The molecule has 31 heavy (non-hydrogen) atoms. The van der Waals surface area contributed by atoms with Crippen molar-refractivity contribution in [3.8, 4) is 22.8 Å². The highest BCUT2D eigenvalue weighted by molar-refractivity contribution is 7.99. The molecule has 0 aliphatic heterocycles. The van der Waals surface area contributed by atoms with Gasteiger partial charge in [0.15, 0.2) is 11.0 Å². The lowest BCUT2D eigenvalue weighted by molar-refractivity contribution is -0.113. The van der Waals surface area contributed by atoms with Crippen molar-refractivity contribution in [1.82, 2.24) is 19.7 Å². The number of nitrogens with one attached hydrogen (secondary N) is 1. The molecule has 8 heteroatoms. The van der Waals surface area contributed by atoms with E-state index in [1.165, 1.54) is 11.8 Å². The van der Waals surface area contributed by atoms with E-state index < -0.39 is 0 Å². The standard InChI is InChI=1S/C23H21N5O2S/c1-16-7-9-18(10-8-16)28-22(19-5-3-4-6-20(19)30-2)26-27-23(28)31-15-21(29)25-17-11-13-24-14-12-17/h3-14H,15H2,1-2H3,(H,24,25,29). The number of para-hydroxylation sites is 1. The van der Waals surface area contributed by atoms with E-state index in [1.807, 2.05) is 60.0 Å². The molecule has 0 saturated carbocycles. The fourth-order valence-corrected chi connectivity index (χ4v) is 3.81. The van der Waals surface area contributed by atoms with Crippen molar-refractivity contribution in [2.45, 2.75) is 12.1 Å². The Labute approximate surface area is 184 Å². The summed E-state index contributed by atoms with van der Waals surface area (Å²) in [5.41, 5.74) is 3.59. The minimum absolute atomic E-state index is 0.131. The van der Waals surface area contributed by atoms with Gasteiger partial charge in [-0.3, -0.25) is 14.3 Å². The molecule has 0 aliphatic rings. The van der Waals surface area contributed by atoms with Gasteiger partial charge in [0.1, 0.15) is 5.75 Å². The Morgan fingerprint density at radius 2 is 1.77 bits per heavy atom. The number of benzene rings is 2. The zero-order valence-electron chi connectivity index (χ0n) is 17.1. The van der Waals surface area contributed by atoms with Crippen molar-refractivity contribution >= 4 is 23.4 Å². The van der Waals surface area contributed by atoms with Gasteiger partial charge < -0.3 is 10.1 Å². The average Bonchev–Trinajstić information content (AvgIpc) is 3.22. The van der Waals surface area contributed by atoms with E-state index in [9.17, 15) is 4.79 Å². The summed E-state index contributed by atoms with van der Waals surface area (Å²) in [4.78, 5) is 16.4. The van der Waals surface area contributed by atoms with Crippen molar-refractivity contribution in [2.24, 2.45) is 0 Å². The second-order valence-corrected chi connectivity index (χ2v) is 7.69. The molecule has 1 amide bonds. The number of carbonyl (C=O) groups excluding carboxylic acids is 1. The maximum atomic E-state index is 12.4. The first-order chi connectivity index (χ1) is 15.2. The molecule has 2 aromatic carbocycles. The number of pyridine rings is 1. The highest BCUT2D eigenvalue weighted by Crippen LogP contribution is 2.33.